The molecule has 10 nitrogen and oxygen atoms in total. The van der Waals surface area contributed by atoms with Crippen LogP contribution < -0.4 is 25.7 Å². The van der Waals surface area contributed by atoms with E-state index in [0.29, 0.717) is 44.1 Å². The zero-order valence-corrected chi connectivity index (χ0v) is 23.9. The van der Waals surface area contributed by atoms with Crippen molar-refractivity contribution in [2.45, 2.75) is 51.2 Å². The first-order chi connectivity index (χ1) is 20.4. The number of nitrogens with two attached hydrogens (primary N) is 1. The maximum atomic E-state index is 14.0. The van der Waals surface area contributed by atoms with Crippen LogP contribution in [0.1, 0.15) is 43.2 Å². The number of amides is 1. The lowest BCUT2D eigenvalue weighted by Gasteiger charge is -2.30. The second-order valence-electron chi connectivity index (χ2n) is 10.9. The Hall–Kier alpha value is -4.15. The zero-order chi connectivity index (χ0) is 29.6. The number of pyridine rings is 1. The Morgan fingerprint density at radius 1 is 1.07 bits per heavy atom. The third kappa shape index (κ3) is 6.34. The van der Waals surface area contributed by atoms with Gasteiger partial charge in [0.2, 0.25) is 18.3 Å². The van der Waals surface area contributed by atoms with Crippen LogP contribution in [-0.2, 0) is 22.7 Å². The molecule has 0 saturated carbocycles. The predicted octanol–water partition coefficient (Wildman–Crippen LogP) is 3.43. The molecule has 3 heterocycles. The summed E-state index contributed by atoms with van der Waals surface area (Å²) in [7, 11) is 0. The molecule has 42 heavy (non-hydrogen) atoms. The van der Waals surface area contributed by atoms with Gasteiger partial charge in [-0.05, 0) is 54.3 Å². The minimum atomic E-state index is -0.934. The van der Waals surface area contributed by atoms with Gasteiger partial charge < -0.3 is 29.8 Å². The molecule has 5 rings (SSSR count). The maximum Gasteiger partial charge on any atom is 0.308 e. The fourth-order valence-electron chi connectivity index (χ4n) is 6.08. The maximum absolute atomic E-state index is 14.0. The highest BCUT2D eigenvalue weighted by atomic mass is 16.7. The van der Waals surface area contributed by atoms with Crippen LogP contribution >= 0.6 is 0 Å². The number of aryl methyl sites for hydroxylation is 1. The summed E-state index contributed by atoms with van der Waals surface area (Å²) in [6.07, 6.45) is 3.85. The van der Waals surface area contributed by atoms with Gasteiger partial charge in [-0.1, -0.05) is 37.6 Å². The first-order valence-electron chi connectivity index (χ1n) is 14.5. The van der Waals surface area contributed by atoms with Crippen molar-refractivity contribution >= 4 is 17.6 Å². The van der Waals surface area contributed by atoms with E-state index in [-0.39, 0.29) is 30.7 Å². The van der Waals surface area contributed by atoms with Crippen LogP contribution in [-0.4, -0.2) is 58.9 Å². The number of hydrogen-bond acceptors (Lipinski definition) is 7. The predicted molar refractivity (Wildman–Crippen MR) is 159 cm³/mol. The van der Waals surface area contributed by atoms with Gasteiger partial charge in [-0.25, -0.2) is 0 Å². The Labute approximate surface area is 245 Å². The number of aromatic nitrogens is 1. The number of carboxylic acid groups (broad SMARTS) is 1. The van der Waals surface area contributed by atoms with E-state index in [1.54, 1.807) is 33.9 Å². The van der Waals surface area contributed by atoms with E-state index in [2.05, 4.69) is 6.92 Å². The van der Waals surface area contributed by atoms with Gasteiger partial charge in [0.25, 0.3) is 0 Å². The summed E-state index contributed by atoms with van der Waals surface area (Å²) in [5, 5.41) is 10.5. The number of anilines is 1. The van der Waals surface area contributed by atoms with Crippen LogP contribution in [0.4, 0.5) is 5.69 Å². The molecule has 0 aliphatic carbocycles. The number of carbonyl (C=O) groups is 2. The molecule has 0 bridgehead atoms. The smallest absolute Gasteiger partial charge is 0.308 e. The molecule has 0 unspecified atom stereocenters. The standard InChI is InChI=1S/C32H38N4O6/c1-2-3-14-36(24-8-6-7-22(16-24)18-33)30(38)20-35-19-25(23-10-11-27-28(17-23)42-21-41-27)31(32(39)40)26(35)12-15-34-13-5-4-9-29(34)37/h4-11,13,16-17,25-26,31H,2-3,12,14-15,18-21,33H2,1H3,(H,39,40)/t25-,26+,31-/m1/s1. The van der Waals surface area contributed by atoms with Gasteiger partial charge in [0.15, 0.2) is 11.5 Å². The molecule has 222 valence electrons. The highest BCUT2D eigenvalue weighted by molar-refractivity contribution is 5.95. The molecule has 1 fully saturated rings. The van der Waals surface area contributed by atoms with Gasteiger partial charge in [0.1, 0.15) is 0 Å². The minimum Gasteiger partial charge on any atom is -0.481 e. The number of rotatable bonds is 12. The molecule has 1 aromatic heterocycles. The quantitative estimate of drug-likeness (QED) is 0.337. The second kappa shape index (κ2) is 13.2. The van der Waals surface area contributed by atoms with Crippen molar-refractivity contribution in [3.63, 3.8) is 0 Å². The minimum absolute atomic E-state index is 0.0513. The lowest BCUT2D eigenvalue weighted by molar-refractivity contribution is -0.143. The van der Waals surface area contributed by atoms with Crippen molar-refractivity contribution < 1.29 is 24.2 Å². The number of likely N-dealkylation sites (tertiary alicyclic amines) is 1. The number of fused-ring (bicyclic) bond motifs is 1. The van der Waals surface area contributed by atoms with Crippen LogP contribution in [0.2, 0.25) is 0 Å². The molecule has 3 aromatic rings. The summed E-state index contributed by atoms with van der Waals surface area (Å²) in [4.78, 5) is 43.0. The molecule has 2 aliphatic heterocycles. The third-order valence-corrected chi connectivity index (χ3v) is 8.26. The van der Waals surface area contributed by atoms with Gasteiger partial charge in [-0.15, -0.1) is 0 Å². The molecule has 0 radical (unpaired) electrons. The Morgan fingerprint density at radius 3 is 2.67 bits per heavy atom. The summed E-state index contributed by atoms with van der Waals surface area (Å²) in [6.45, 7) is 3.89. The van der Waals surface area contributed by atoms with E-state index in [4.69, 9.17) is 15.2 Å². The van der Waals surface area contributed by atoms with E-state index in [1.807, 2.05) is 41.3 Å². The van der Waals surface area contributed by atoms with Crippen molar-refractivity contribution in [1.29, 1.82) is 0 Å². The van der Waals surface area contributed by atoms with Crippen molar-refractivity contribution in [3.05, 3.63) is 88.3 Å². The molecule has 1 saturated heterocycles. The van der Waals surface area contributed by atoms with Gasteiger partial charge in [0.05, 0.1) is 12.5 Å². The number of benzene rings is 2. The van der Waals surface area contributed by atoms with Crippen molar-refractivity contribution in [2.24, 2.45) is 11.7 Å². The van der Waals surface area contributed by atoms with Gasteiger partial charge in [0, 0.05) is 56.1 Å². The monoisotopic (exact) mass is 574 g/mol. The first-order valence-corrected chi connectivity index (χ1v) is 14.5. The number of carboxylic acids is 1. The van der Waals surface area contributed by atoms with Crippen LogP contribution in [0.5, 0.6) is 11.5 Å². The number of aliphatic carboxylic acids is 1. The van der Waals surface area contributed by atoms with Crippen LogP contribution in [0, 0.1) is 5.92 Å². The average molecular weight is 575 g/mol. The van der Waals surface area contributed by atoms with Crippen LogP contribution in [0.3, 0.4) is 0 Å². The number of hydrogen-bond donors (Lipinski definition) is 2. The molecule has 2 aromatic carbocycles. The summed E-state index contributed by atoms with van der Waals surface area (Å²) in [6, 6.07) is 17.7. The first kappa shape index (κ1) is 29.3. The van der Waals surface area contributed by atoms with Crippen molar-refractivity contribution in [2.75, 3.05) is 31.3 Å². The lowest BCUT2D eigenvalue weighted by Crippen LogP contribution is -2.45. The molecule has 10 heteroatoms. The second-order valence-corrected chi connectivity index (χ2v) is 10.9. The van der Waals surface area contributed by atoms with E-state index in [1.165, 1.54) is 6.07 Å². The molecule has 0 spiro atoms. The number of ether oxygens (including phenoxy) is 2. The largest absolute Gasteiger partial charge is 0.481 e. The van der Waals surface area contributed by atoms with Gasteiger partial charge >= 0.3 is 5.97 Å². The van der Waals surface area contributed by atoms with E-state index < -0.39 is 17.9 Å². The molecular formula is C32H38N4O6. The van der Waals surface area contributed by atoms with Gasteiger partial charge in [-0.2, -0.15) is 0 Å². The molecule has 2 aliphatic rings. The normalized spacial score (nSPS) is 19.6. The Balaban J connectivity index is 1.46. The van der Waals surface area contributed by atoms with Crippen LogP contribution in [0.25, 0.3) is 0 Å². The Bertz CT molecular complexity index is 1470. The topological polar surface area (TPSA) is 127 Å². The summed E-state index contributed by atoms with van der Waals surface area (Å²) < 4.78 is 12.6. The number of carbonyl (C=O) groups excluding carboxylic acids is 1. The summed E-state index contributed by atoms with van der Waals surface area (Å²) in [5.74, 6) is -0.994. The van der Waals surface area contributed by atoms with Crippen molar-refractivity contribution in [3.8, 4) is 11.5 Å². The Kier molecular flexibility index (Phi) is 9.24. The molecule has 1 amide bonds. The Morgan fingerprint density at radius 2 is 1.90 bits per heavy atom. The number of unbranched alkanes of at least 4 members (excludes halogenated alkanes) is 1. The van der Waals surface area contributed by atoms with Crippen molar-refractivity contribution in [1.82, 2.24) is 9.47 Å². The molecular weight excluding hydrogens is 536 g/mol. The SMILES string of the molecule is CCCCN(C(=O)CN1C[C@H](c2ccc3c(c2)OCO3)[C@@H](C(=O)O)[C@@H]1CCn1ccccc1=O)c1cccc(CN)c1. The van der Waals surface area contributed by atoms with E-state index in [0.717, 1.165) is 29.7 Å². The average Bonchev–Trinajstić information content (AvgIpc) is 3.61. The van der Waals surface area contributed by atoms with Crippen LogP contribution in [0.15, 0.2) is 71.7 Å². The highest BCUT2D eigenvalue weighted by Crippen LogP contribution is 2.43. The van der Waals surface area contributed by atoms with Gasteiger partial charge in [-0.3, -0.25) is 19.3 Å². The number of nitrogens with zero attached hydrogens (tertiary/aromatic N) is 3. The third-order valence-electron chi connectivity index (χ3n) is 8.26. The zero-order valence-electron chi connectivity index (χ0n) is 23.9. The van der Waals surface area contributed by atoms with E-state index >= 15 is 0 Å². The summed E-state index contributed by atoms with van der Waals surface area (Å²) in [5.41, 5.74) is 8.26. The fraction of sp³-hybridized carbons (Fsp3) is 0.406. The lowest BCUT2D eigenvalue weighted by atomic mass is 9.84. The fourth-order valence-corrected chi connectivity index (χ4v) is 6.08. The molecule has 3 N–H and O–H groups in total. The summed E-state index contributed by atoms with van der Waals surface area (Å²) >= 11 is 0. The van der Waals surface area contributed by atoms with E-state index in [9.17, 15) is 19.5 Å². The molecule has 3 atom stereocenters. The highest BCUT2D eigenvalue weighted by Gasteiger charge is 2.47.